The highest BCUT2D eigenvalue weighted by molar-refractivity contribution is 7.99. The van der Waals surface area contributed by atoms with Crippen LogP contribution in [0.1, 0.15) is 19.1 Å². The van der Waals surface area contributed by atoms with Gasteiger partial charge in [-0.1, -0.05) is 11.8 Å². The summed E-state index contributed by atoms with van der Waals surface area (Å²) in [5.41, 5.74) is 1.61. The van der Waals surface area contributed by atoms with Gasteiger partial charge in [0.15, 0.2) is 10.8 Å². The second-order valence-corrected chi connectivity index (χ2v) is 6.00. The van der Waals surface area contributed by atoms with Crippen LogP contribution >= 0.6 is 11.8 Å². The van der Waals surface area contributed by atoms with Gasteiger partial charge in [0.1, 0.15) is 18.1 Å². The Morgan fingerprint density at radius 1 is 1.18 bits per heavy atom. The van der Waals surface area contributed by atoms with Gasteiger partial charge in [0, 0.05) is 18.1 Å². The fourth-order valence-corrected chi connectivity index (χ4v) is 3.39. The molecule has 4 rings (SSSR count). The van der Waals surface area contributed by atoms with E-state index >= 15 is 0 Å². The van der Waals surface area contributed by atoms with E-state index in [0.717, 1.165) is 34.9 Å². The van der Waals surface area contributed by atoms with Crippen LogP contribution in [-0.2, 0) is 4.74 Å². The van der Waals surface area contributed by atoms with E-state index in [1.807, 2.05) is 10.6 Å². The summed E-state index contributed by atoms with van der Waals surface area (Å²) in [5, 5.41) is 0.787. The maximum atomic E-state index is 6.12. The molecule has 1 fully saturated rings. The molecule has 7 nitrogen and oxygen atoms in total. The zero-order chi connectivity index (χ0) is 14.8. The van der Waals surface area contributed by atoms with Crippen molar-refractivity contribution in [2.24, 2.45) is 0 Å². The standard InChI is InChI=1S/C14H14N6OS/c1-4-16-14(17-5-1)22-7-10-2-3-12(21-10)20-9-19-11-6-15-8-18-13(11)20/h1,4-6,8-10,12H,2-3,7H2/t10-,12?/m0/s1. The van der Waals surface area contributed by atoms with E-state index < -0.39 is 0 Å². The molecule has 22 heavy (non-hydrogen) atoms. The van der Waals surface area contributed by atoms with Crippen LogP contribution in [0.4, 0.5) is 0 Å². The SMILES string of the molecule is c1cnc(SC[C@@H]2CCC(n3cnc4cncnc43)O2)nc1. The summed E-state index contributed by atoms with van der Waals surface area (Å²) in [7, 11) is 0. The number of nitrogens with zero attached hydrogens (tertiary/aromatic N) is 6. The summed E-state index contributed by atoms with van der Waals surface area (Å²) >= 11 is 1.62. The topological polar surface area (TPSA) is 78.6 Å². The van der Waals surface area contributed by atoms with Gasteiger partial charge in [0.25, 0.3) is 0 Å². The van der Waals surface area contributed by atoms with Crippen LogP contribution in [-0.4, -0.2) is 41.3 Å². The summed E-state index contributed by atoms with van der Waals surface area (Å²) in [5.74, 6) is 0.849. The van der Waals surface area contributed by atoms with E-state index in [1.54, 1.807) is 36.7 Å². The average molecular weight is 314 g/mol. The van der Waals surface area contributed by atoms with Crippen LogP contribution in [0.3, 0.4) is 0 Å². The van der Waals surface area contributed by atoms with Crippen LogP contribution in [0.2, 0.25) is 0 Å². The van der Waals surface area contributed by atoms with Crippen molar-refractivity contribution in [3.8, 4) is 0 Å². The highest BCUT2D eigenvalue weighted by atomic mass is 32.2. The van der Waals surface area contributed by atoms with Gasteiger partial charge in [-0.2, -0.15) is 0 Å². The molecule has 0 radical (unpaired) electrons. The molecule has 8 heteroatoms. The highest BCUT2D eigenvalue weighted by Crippen LogP contribution is 2.32. The molecule has 3 aromatic rings. The molecule has 0 saturated carbocycles. The number of rotatable bonds is 4. The van der Waals surface area contributed by atoms with Crippen LogP contribution < -0.4 is 0 Å². The fraction of sp³-hybridized carbons (Fsp3) is 0.357. The molecule has 0 N–H and O–H groups in total. The third-order valence-corrected chi connectivity index (χ3v) is 4.58. The van der Waals surface area contributed by atoms with Crippen molar-refractivity contribution in [1.82, 2.24) is 29.5 Å². The second kappa shape index (κ2) is 5.98. The minimum absolute atomic E-state index is 0.0119. The van der Waals surface area contributed by atoms with E-state index in [4.69, 9.17) is 4.74 Å². The fourth-order valence-electron chi connectivity index (χ4n) is 2.54. The Labute approximate surface area is 131 Å². The molecule has 0 bridgehead atoms. The predicted octanol–water partition coefficient (Wildman–Crippen LogP) is 2.09. The molecule has 3 aromatic heterocycles. The first-order valence-electron chi connectivity index (χ1n) is 7.08. The zero-order valence-electron chi connectivity index (χ0n) is 11.7. The number of aromatic nitrogens is 6. The average Bonchev–Trinajstić information content (AvgIpc) is 3.20. The van der Waals surface area contributed by atoms with E-state index in [0.29, 0.717) is 0 Å². The Hall–Kier alpha value is -2.06. The van der Waals surface area contributed by atoms with E-state index in [2.05, 4.69) is 24.9 Å². The number of thioether (sulfide) groups is 1. The van der Waals surface area contributed by atoms with Crippen LogP contribution in [0.5, 0.6) is 0 Å². The van der Waals surface area contributed by atoms with Gasteiger partial charge in [0.2, 0.25) is 0 Å². The lowest BCUT2D eigenvalue weighted by Crippen LogP contribution is -2.13. The summed E-state index contributed by atoms with van der Waals surface area (Å²) in [6.45, 7) is 0. The molecule has 2 atom stereocenters. The monoisotopic (exact) mass is 314 g/mol. The molecular weight excluding hydrogens is 300 g/mol. The van der Waals surface area contributed by atoms with Gasteiger partial charge in [-0.05, 0) is 18.9 Å². The number of imidazole rings is 1. The highest BCUT2D eigenvalue weighted by Gasteiger charge is 2.28. The lowest BCUT2D eigenvalue weighted by molar-refractivity contribution is 0.0153. The molecule has 4 heterocycles. The molecule has 1 aliphatic heterocycles. The van der Waals surface area contributed by atoms with Gasteiger partial charge in [-0.25, -0.2) is 24.9 Å². The Morgan fingerprint density at radius 3 is 3.00 bits per heavy atom. The minimum Gasteiger partial charge on any atom is -0.354 e. The lowest BCUT2D eigenvalue weighted by Gasteiger charge is -2.14. The second-order valence-electron chi connectivity index (χ2n) is 5.02. The molecule has 1 unspecified atom stereocenters. The lowest BCUT2D eigenvalue weighted by atomic mass is 10.2. The molecule has 0 spiro atoms. The maximum Gasteiger partial charge on any atom is 0.187 e. The summed E-state index contributed by atoms with van der Waals surface area (Å²) in [6.07, 6.45) is 10.7. The predicted molar refractivity (Wildman–Crippen MR) is 81.2 cm³/mol. The Morgan fingerprint density at radius 2 is 2.09 bits per heavy atom. The molecule has 0 amide bonds. The van der Waals surface area contributed by atoms with E-state index in [-0.39, 0.29) is 12.3 Å². The van der Waals surface area contributed by atoms with Crippen molar-refractivity contribution in [2.75, 3.05) is 5.75 Å². The van der Waals surface area contributed by atoms with Gasteiger partial charge in [0.05, 0.1) is 18.6 Å². The van der Waals surface area contributed by atoms with Gasteiger partial charge < -0.3 is 4.74 Å². The van der Waals surface area contributed by atoms with E-state index in [9.17, 15) is 0 Å². The number of hydrogen-bond donors (Lipinski definition) is 0. The van der Waals surface area contributed by atoms with Crippen molar-refractivity contribution in [3.63, 3.8) is 0 Å². The minimum atomic E-state index is -0.0119. The van der Waals surface area contributed by atoms with Crippen LogP contribution in [0.15, 0.2) is 42.5 Å². The maximum absolute atomic E-state index is 6.12. The Balaban J connectivity index is 1.42. The molecule has 0 aromatic carbocycles. The molecule has 0 aliphatic carbocycles. The van der Waals surface area contributed by atoms with Crippen LogP contribution in [0.25, 0.3) is 11.2 Å². The molecule has 1 aliphatic rings. The Bertz CT molecular complexity index is 764. The third kappa shape index (κ3) is 2.67. The van der Waals surface area contributed by atoms with Crippen molar-refractivity contribution < 1.29 is 4.74 Å². The van der Waals surface area contributed by atoms with Crippen molar-refractivity contribution in [2.45, 2.75) is 30.3 Å². The summed E-state index contributed by atoms with van der Waals surface area (Å²) < 4.78 is 8.11. The quantitative estimate of drug-likeness (QED) is 0.539. The first kappa shape index (κ1) is 13.6. The van der Waals surface area contributed by atoms with Crippen LogP contribution in [0, 0.1) is 0 Å². The van der Waals surface area contributed by atoms with E-state index in [1.165, 1.54) is 6.33 Å². The number of fused-ring (bicyclic) bond motifs is 1. The van der Waals surface area contributed by atoms with Crippen molar-refractivity contribution in [1.29, 1.82) is 0 Å². The van der Waals surface area contributed by atoms with Crippen molar-refractivity contribution >= 4 is 22.9 Å². The summed E-state index contributed by atoms with van der Waals surface area (Å²) in [6, 6.07) is 1.82. The first-order valence-corrected chi connectivity index (χ1v) is 8.06. The molecule has 1 saturated heterocycles. The molecular formula is C14H14N6OS. The smallest absolute Gasteiger partial charge is 0.187 e. The van der Waals surface area contributed by atoms with Gasteiger partial charge in [-0.15, -0.1) is 0 Å². The summed E-state index contributed by atoms with van der Waals surface area (Å²) in [4.78, 5) is 21.0. The first-order chi connectivity index (χ1) is 10.9. The van der Waals surface area contributed by atoms with Gasteiger partial charge >= 0.3 is 0 Å². The largest absolute Gasteiger partial charge is 0.354 e. The third-order valence-electron chi connectivity index (χ3n) is 3.57. The Kier molecular flexibility index (Phi) is 3.69. The normalized spacial score (nSPS) is 21.5. The van der Waals surface area contributed by atoms with Crippen molar-refractivity contribution in [3.05, 3.63) is 37.3 Å². The number of ether oxygens (including phenoxy) is 1. The number of hydrogen-bond acceptors (Lipinski definition) is 7. The zero-order valence-corrected chi connectivity index (χ0v) is 12.6. The van der Waals surface area contributed by atoms with Gasteiger partial charge in [-0.3, -0.25) is 4.57 Å². The molecule has 112 valence electrons.